The Balaban J connectivity index is 1.57. The van der Waals surface area contributed by atoms with E-state index >= 15 is 0 Å². The zero-order valence-corrected chi connectivity index (χ0v) is 16.7. The van der Waals surface area contributed by atoms with Gasteiger partial charge in [-0.3, -0.25) is 14.9 Å². The highest BCUT2D eigenvalue weighted by Gasteiger charge is 2.12. The Hall–Kier alpha value is -3.24. The molecule has 0 aliphatic carbocycles. The highest BCUT2D eigenvalue weighted by Crippen LogP contribution is 2.24. The van der Waals surface area contributed by atoms with Crippen molar-refractivity contribution in [3.63, 3.8) is 0 Å². The molecule has 0 unspecified atom stereocenters. The Kier molecular flexibility index (Phi) is 6.57. The summed E-state index contributed by atoms with van der Waals surface area (Å²) in [5.41, 5.74) is 4.08. The van der Waals surface area contributed by atoms with Gasteiger partial charge in [-0.25, -0.2) is 5.43 Å². The van der Waals surface area contributed by atoms with E-state index in [1.54, 1.807) is 36.3 Å². The van der Waals surface area contributed by atoms with Crippen LogP contribution in [0.3, 0.4) is 0 Å². The topological polar surface area (TPSA) is 115 Å². The molecule has 0 saturated heterocycles. The number of benzene rings is 2. The van der Waals surface area contributed by atoms with E-state index in [1.807, 2.05) is 23.7 Å². The fourth-order valence-corrected chi connectivity index (χ4v) is 3.31. The van der Waals surface area contributed by atoms with Crippen molar-refractivity contribution in [1.29, 1.82) is 0 Å². The highest BCUT2D eigenvalue weighted by molar-refractivity contribution is 7.98. The second-order valence-corrected chi connectivity index (χ2v) is 7.23. The first-order valence-corrected chi connectivity index (χ1v) is 9.63. The zero-order valence-electron chi connectivity index (χ0n) is 15.2. The molecular weight excluding hydrogens is 416 g/mol. The molecule has 0 saturated carbocycles. The molecule has 1 N–H and O–H groups in total. The first kappa shape index (κ1) is 20.5. The predicted octanol–water partition coefficient (Wildman–Crippen LogP) is 3.43. The lowest BCUT2D eigenvalue weighted by molar-refractivity contribution is -0.384. The maximum Gasteiger partial charge on any atom is 0.288 e. The number of thioether (sulfide) groups is 1. The Morgan fingerprint density at radius 1 is 1.34 bits per heavy atom. The second kappa shape index (κ2) is 9.30. The van der Waals surface area contributed by atoms with Crippen LogP contribution < -0.4 is 5.43 Å². The van der Waals surface area contributed by atoms with Crippen molar-refractivity contribution in [1.82, 2.24) is 20.2 Å². The molecule has 148 valence electrons. The number of hydrazone groups is 1. The number of carbonyl (C=O) groups is 1. The van der Waals surface area contributed by atoms with Crippen molar-refractivity contribution >= 4 is 41.2 Å². The Morgan fingerprint density at radius 2 is 2.10 bits per heavy atom. The van der Waals surface area contributed by atoms with Gasteiger partial charge in [0.25, 0.3) is 11.6 Å². The van der Waals surface area contributed by atoms with Crippen molar-refractivity contribution in [2.75, 3.05) is 0 Å². The van der Waals surface area contributed by atoms with Gasteiger partial charge < -0.3 is 4.57 Å². The molecule has 9 nitrogen and oxygen atoms in total. The van der Waals surface area contributed by atoms with Gasteiger partial charge >= 0.3 is 0 Å². The lowest BCUT2D eigenvalue weighted by Gasteiger charge is -2.03. The molecule has 29 heavy (non-hydrogen) atoms. The Labute approximate surface area is 174 Å². The molecule has 2 aromatic carbocycles. The Morgan fingerprint density at radius 3 is 2.76 bits per heavy atom. The van der Waals surface area contributed by atoms with E-state index in [1.165, 1.54) is 18.3 Å². The minimum Gasteiger partial charge on any atom is -0.312 e. The number of halogens is 1. The van der Waals surface area contributed by atoms with Crippen LogP contribution in [0.1, 0.15) is 21.5 Å². The quantitative estimate of drug-likeness (QED) is 0.266. The third-order valence-electron chi connectivity index (χ3n) is 3.80. The number of hydrogen-bond donors (Lipinski definition) is 1. The molecule has 3 rings (SSSR count). The van der Waals surface area contributed by atoms with Gasteiger partial charge in [0.05, 0.1) is 11.1 Å². The third-order valence-corrected chi connectivity index (χ3v) is 5.23. The van der Waals surface area contributed by atoms with Gasteiger partial charge in [0.1, 0.15) is 11.3 Å². The van der Waals surface area contributed by atoms with Crippen molar-refractivity contribution < 1.29 is 9.72 Å². The van der Waals surface area contributed by atoms with Gasteiger partial charge in [0.2, 0.25) is 0 Å². The maximum absolute atomic E-state index is 12.2. The smallest absolute Gasteiger partial charge is 0.288 e. The molecule has 0 spiro atoms. The largest absolute Gasteiger partial charge is 0.312 e. The van der Waals surface area contributed by atoms with E-state index in [2.05, 4.69) is 20.7 Å². The molecular formula is C18H15ClN6O3S. The highest BCUT2D eigenvalue weighted by atomic mass is 35.5. The van der Waals surface area contributed by atoms with E-state index < -0.39 is 10.8 Å². The number of rotatable bonds is 7. The zero-order chi connectivity index (χ0) is 20.8. The van der Waals surface area contributed by atoms with Crippen LogP contribution in [-0.4, -0.2) is 31.8 Å². The number of carbonyl (C=O) groups excluding carboxylic acids is 1. The summed E-state index contributed by atoms with van der Waals surface area (Å²) in [6.45, 7) is 0. The first-order chi connectivity index (χ1) is 13.9. The molecule has 0 radical (unpaired) electrons. The van der Waals surface area contributed by atoms with Crippen molar-refractivity contribution in [3.8, 4) is 0 Å². The maximum atomic E-state index is 12.2. The van der Waals surface area contributed by atoms with Crippen LogP contribution in [0, 0.1) is 10.1 Å². The van der Waals surface area contributed by atoms with E-state index in [-0.39, 0.29) is 10.7 Å². The van der Waals surface area contributed by atoms with Crippen LogP contribution in [0.4, 0.5) is 5.69 Å². The number of nitro benzene ring substituents is 1. The normalized spacial score (nSPS) is 11.0. The molecule has 1 amide bonds. The van der Waals surface area contributed by atoms with Gasteiger partial charge in [0.15, 0.2) is 5.16 Å². The van der Waals surface area contributed by atoms with E-state index in [4.69, 9.17) is 11.6 Å². The van der Waals surface area contributed by atoms with Crippen molar-refractivity contribution in [3.05, 3.63) is 80.6 Å². The van der Waals surface area contributed by atoms with Crippen LogP contribution in [0.25, 0.3) is 0 Å². The number of nitrogens with one attached hydrogen (secondary N) is 1. The summed E-state index contributed by atoms with van der Waals surface area (Å²) < 4.78 is 1.83. The molecule has 0 bridgehead atoms. The molecule has 0 aliphatic rings. The van der Waals surface area contributed by atoms with Crippen LogP contribution >= 0.6 is 23.4 Å². The summed E-state index contributed by atoms with van der Waals surface area (Å²) in [5, 5.41) is 23.4. The molecule has 0 atom stereocenters. The summed E-state index contributed by atoms with van der Waals surface area (Å²) in [7, 11) is 1.87. The standard InChI is InChI=1S/C18H15ClN6O3S/c1-24-11-21-23-18(24)29-10-12-2-5-14(6-3-12)17(26)22-20-9-13-4-7-15(19)16(8-13)25(27)28/h2-9,11H,10H2,1H3,(H,22,26)/b20-9-. The number of nitro groups is 1. The number of nitrogens with zero attached hydrogens (tertiary/aromatic N) is 5. The number of amides is 1. The monoisotopic (exact) mass is 430 g/mol. The molecule has 3 aromatic rings. The lowest BCUT2D eigenvalue weighted by atomic mass is 10.1. The fraction of sp³-hybridized carbons (Fsp3) is 0.111. The SMILES string of the molecule is Cn1cnnc1SCc1ccc(C(=O)N/N=C\c2ccc(Cl)c([N+](=O)[O-])c2)cc1. The van der Waals surface area contributed by atoms with Crippen LogP contribution in [0.15, 0.2) is 59.0 Å². The van der Waals surface area contributed by atoms with Gasteiger partial charge in [-0.1, -0.05) is 41.6 Å². The Bertz CT molecular complexity index is 1070. The molecule has 1 aromatic heterocycles. The summed E-state index contributed by atoms with van der Waals surface area (Å²) in [6, 6.07) is 11.3. The van der Waals surface area contributed by atoms with Crippen molar-refractivity contribution in [2.24, 2.45) is 12.1 Å². The molecule has 0 fully saturated rings. The fourth-order valence-electron chi connectivity index (χ4n) is 2.28. The van der Waals surface area contributed by atoms with Gasteiger partial charge in [-0.15, -0.1) is 10.2 Å². The van der Waals surface area contributed by atoms with Gasteiger partial charge in [0, 0.05) is 30.0 Å². The molecule has 0 aliphatic heterocycles. The average molecular weight is 431 g/mol. The van der Waals surface area contributed by atoms with Crippen molar-refractivity contribution in [2.45, 2.75) is 10.9 Å². The first-order valence-electron chi connectivity index (χ1n) is 8.27. The lowest BCUT2D eigenvalue weighted by Crippen LogP contribution is -2.17. The second-order valence-electron chi connectivity index (χ2n) is 5.88. The number of aromatic nitrogens is 3. The van der Waals surface area contributed by atoms with E-state index in [0.29, 0.717) is 16.9 Å². The minimum atomic E-state index is -0.581. The van der Waals surface area contributed by atoms with Crippen LogP contribution in [-0.2, 0) is 12.8 Å². The van der Waals surface area contributed by atoms with E-state index in [0.717, 1.165) is 10.7 Å². The average Bonchev–Trinajstić information content (AvgIpc) is 3.12. The van der Waals surface area contributed by atoms with Crippen LogP contribution in [0.2, 0.25) is 5.02 Å². The summed E-state index contributed by atoms with van der Waals surface area (Å²) in [4.78, 5) is 22.5. The molecule has 11 heteroatoms. The number of aryl methyl sites for hydroxylation is 1. The van der Waals surface area contributed by atoms with E-state index in [9.17, 15) is 14.9 Å². The summed E-state index contributed by atoms with van der Waals surface area (Å²) in [5.74, 6) is 0.305. The third kappa shape index (κ3) is 5.39. The van der Waals surface area contributed by atoms with Crippen LogP contribution in [0.5, 0.6) is 0 Å². The summed E-state index contributed by atoms with van der Waals surface area (Å²) in [6.07, 6.45) is 2.95. The molecule has 1 heterocycles. The van der Waals surface area contributed by atoms with Gasteiger partial charge in [-0.2, -0.15) is 5.10 Å². The predicted molar refractivity (Wildman–Crippen MR) is 110 cm³/mol. The van der Waals surface area contributed by atoms with Gasteiger partial charge in [-0.05, 0) is 23.8 Å². The summed E-state index contributed by atoms with van der Waals surface area (Å²) >= 11 is 7.31. The minimum absolute atomic E-state index is 0.0358. The number of hydrogen-bond acceptors (Lipinski definition) is 7.